The van der Waals surface area contributed by atoms with E-state index in [-0.39, 0.29) is 10.6 Å². The van der Waals surface area contributed by atoms with E-state index in [0.717, 1.165) is 6.07 Å². The molecular weight excluding hydrogens is 205 g/mol. The summed E-state index contributed by atoms with van der Waals surface area (Å²) < 4.78 is 36.8. The van der Waals surface area contributed by atoms with Gasteiger partial charge in [-0.15, -0.1) is 0 Å². The molecule has 0 bridgehead atoms. The maximum absolute atomic E-state index is 12.3. The van der Waals surface area contributed by atoms with Crippen LogP contribution in [-0.2, 0) is 12.8 Å². The largest absolute Gasteiger partial charge is 0.442 e. The molecule has 0 heterocycles. The summed E-state index contributed by atoms with van der Waals surface area (Å²) in [4.78, 5) is 0. The predicted molar refractivity (Wildman–Crippen MR) is 43.8 cm³/mol. The van der Waals surface area contributed by atoms with Gasteiger partial charge in [-0.2, -0.15) is 13.2 Å². The molecule has 5 heteroatoms. The molecule has 0 aromatic heterocycles. The Morgan fingerprint density at radius 1 is 1.31 bits per heavy atom. The van der Waals surface area contributed by atoms with E-state index in [0.29, 0.717) is 0 Å². The molecule has 1 aromatic carbocycles. The number of rotatable bonds is 1. The molecule has 0 amide bonds. The Labute approximate surface area is 77.8 Å². The highest BCUT2D eigenvalue weighted by Crippen LogP contribution is 2.34. The van der Waals surface area contributed by atoms with Crippen molar-refractivity contribution < 1.29 is 18.3 Å². The average molecular weight is 212 g/mol. The van der Waals surface area contributed by atoms with Crippen LogP contribution in [0.5, 0.6) is 0 Å². The Morgan fingerprint density at radius 3 is 2.31 bits per heavy atom. The van der Waals surface area contributed by atoms with Gasteiger partial charge in [-0.25, -0.2) is 0 Å². The number of hydrogen-bond acceptors (Lipinski definition) is 0. The molecule has 0 atom stereocenters. The number of alkyl halides is 3. The van der Waals surface area contributed by atoms with E-state index in [2.05, 4.69) is 0 Å². The molecule has 13 heavy (non-hydrogen) atoms. The third-order valence-electron chi connectivity index (χ3n) is 1.60. The van der Waals surface area contributed by atoms with Crippen molar-refractivity contribution >= 4 is 11.6 Å². The minimum Gasteiger partial charge on any atom is -0.442 e. The van der Waals surface area contributed by atoms with Gasteiger partial charge in [-0.05, 0) is 12.1 Å². The van der Waals surface area contributed by atoms with Crippen molar-refractivity contribution in [3.63, 3.8) is 0 Å². The second-order valence-electron chi connectivity index (χ2n) is 2.44. The van der Waals surface area contributed by atoms with E-state index >= 15 is 0 Å². The molecule has 0 aliphatic rings. The third-order valence-corrected chi connectivity index (χ3v) is 1.96. The second kappa shape index (κ2) is 3.55. The van der Waals surface area contributed by atoms with Gasteiger partial charge in [0.15, 0.2) is 6.61 Å². The maximum atomic E-state index is 12.3. The van der Waals surface area contributed by atoms with Crippen molar-refractivity contribution in [2.75, 3.05) is 0 Å². The lowest BCUT2D eigenvalue weighted by Gasteiger charge is -2.10. The van der Waals surface area contributed by atoms with Crippen LogP contribution in [0.4, 0.5) is 13.2 Å². The molecule has 1 nitrogen and oxygen atoms in total. The normalized spacial score (nSPS) is 11.8. The van der Waals surface area contributed by atoms with Crippen LogP contribution in [0.2, 0.25) is 5.02 Å². The van der Waals surface area contributed by atoms with E-state index in [1.165, 1.54) is 12.1 Å². The summed E-state index contributed by atoms with van der Waals surface area (Å²) in [5.74, 6) is 0. The zero-order chi connectivity index (χ0) is 10.1. The van der Waals surface area contributed by atoms with Gasteiger partial charge in [-0.1, -0.05) is 17.7 Å². The second-order valence-corrected chi connectivity index (χ2v) is 2.85. The summed E-state index contributed by atoms with van der Waals surface area (Å²) >= 11 is 5.52. The zero-order valence-corrected chi connectivity index (χ0v) is 7.21. The van der Waals surface area contributed by atoms with E-state index in [1.54, 1.807) is 0 Å². The molecule has 0 aliphatic heterocycles. The molecule has 72 valence electrons. The average Bonchev–Trinajstić information content (AvgIpc) is 2.02. The van der Waals surface area contributed by atoms with Crippen molar-refractivity contribution in [3.8, 4) is 0 Å². The summed E-state index contributed by atoms with van der Waals surface area (Å²) in [5, 5.41) is 6.91. The molecule has 0 unspecified atom stereocenters. The van der Waals surface area contributed by atoms with Crippen LogP contribution in [0.1, 0.15) is 11.1 Å². The minimum absolute atomic E-state index is 0.00942. The Bertz CT molecular complexity index is 309. The molecule has 0 saturated heterocycles. The van der Waals surface area contributed by atoms with Crippen LogP contribution in [0.3, 0.4) is 0 Å². The topological polar surface area (TPSA) is 22.9 Å². The molecule has 0 saturated carbocycles. The van der Waals surface area contributed by atoms with Gasteiger partial charge in [0.2, 0.25) is 0 Å². The zero-order valence-electron chi connectivity index (χ0n) is 6.45. The molecule has 1 rings (SSSR count). The molecule has 0 spiro atoms. The Morgan fingerprint density at radius 2 is 1.92 bits per heavy atom. The summed E-state index contributed by atoms with van der Waals surface area (Å²) in [6.07, 6.45) is -4.43. The van der Waals surface area contributed by atoms with Gasteiger partial charge in [-0.3, -0.25) is 0 Å². The number of hydrogen-bond donors (Lipinski definition) is 0. The smallest absolute Gasteiger partial charge is 0.417 e. The highest BCUT2D eigenvalue weighted by molar-refractivity contribution is 6.31. The van der Waals surface area contributed by atoms with Crippen molar-refractivity contribution in [2.45, 2.75) is 12.8 Å². The van der Waals surface area contributed by atoms with Gasteiger partial charge in [0, 0.05) is 0 Å². The highest BCUT2D eigenvalue weighted by Gasteiger charge is 2.34. The lowest BCUT2D eigenvalue weighted by Crippen LogP contribution is -2.09. The summed E-state index contributed by atoms with van der Waals surface area (Å²) in [5.41, 5.74) is -0.994. The molecular formula is C8H7ClF3O+. The summed E-state index contributed by atoms with van der Waals surface area (Å²) in [6.45, 7) is -0.464. The van der Waals surface area contributed by atoms with Gasteiger partial charge >= 0.3 is 6.18 Å². The first kappa shape index (κ1) is 10.3. The number of benzene rings is 1. The first-order chi connectivity index (χ1) is 5.96. The highest BCUT2D eigenvalue weighted by atomic mass is 35.5. The fraction of sp³-hybridized carbons (Fsp3) is 0.250. The molecule has 2 N–H and O–H groups in total. The standard InChI is InChI=1S/C8H6ClF3O/c9-7-3-1-2-6(5(7)4-13)8(10,11)12/h1-3,13H,4H2/p+1. The monoisotopic (exact) mass is 211 g/mol. The van der Waals surface area contributed by atoms with Crippen molar-refractivity contribution in [1.29, 1.82) is 0 Å². The van der Waals surface area contributed by atoms with Crippen LogP contribution in [0, 0.1) is 0 Å². The number of halogens is 4. The Balaban J connectivity index is 3.29. The molecule has 1 aromatic rings. The first-order valence-electron chi connectivity index (χ1n) is 3.46. The van der Waals surface area contributed by atoms with Gasteiger partial charge < -0.3 is 5.11 Å². The van der Waals surface area contributed by atoms with Gasteiger partial charge in [0.05, 0.1) is 16.1 Å². The fourth-order valence-electron chi connectivity index (χ4n) is 1.00. The van der Waals surface area contributed by atoms with Crippen molar-refractivity contribution in [3.05, 3.63) is 34.3 Å². The van der Waals surface area contributed by atoms with Crippen LogP contribution < -0.4 is 0 Å². The molecule has 0 radical (unpaired) electrons. The van der Waals surface area contributed by atoms with E-state index in [9.17, 15) is 13.2 Å². The summed E-state index contributed by atoms with van der Waals surface area (Å²) in [6, 6.07) is 3.50. The maximum Gasteiger partial charge on any atom is 0.417 e. The lowest BCUT2D eigenvalue weighted by molar-refractivity contribution is -0.138. The third kappa shape index (κ3) is 2.14. The first-order valence-corrected chi connectivity index (χ1v) is 3.84. The Hall–Kier alpha value is -0.740. The quantitative estimate of drug-likeness (QED) is 0.638. The minimum atomic E-state index is -4.43. The lowest BCUT2D eigenvalue weighted by atomic mass is 10.1. The SMILES string of the molecule is [OH2+]Cc1c(Cl)cccc1C(F)(F)F. The van der Waals surface area contributed by atoms with Crippen LogP contribution in [0.25, 0.3) is 0 Å². The van der Waals surface area contributed by atoms with Crippen molar-refractivity contribution in [1.82, 2.24) is 0 Å². The summed E-state index contributed by atoms with van der Waals surface area (Å²) in [7, 11) is 0. The molecule has 0 fully saturated rings. The van der Waals surface area contributed by atoms with Gasteiger partial charge in [0.1, 0.15) is 0 Å². The van der Waals surface area contributed by atoms with Crippen LogP contribution in [-0.4, -0.2) is 5.11 Å². The predicted octanol–water partition coefficient (Wildman–Crippen LogP) is 2.58. The van der Waals surface area contributed by atoms with E-state index < -0.39 is 18.3 Å². The van der Waals surface area contributed by atoms with E-state index in [1.807, 2.05) is 0 Å². The Kier molecular flexibility index (Phi) is 2.83. The van der Waals surface area contributed by atoms with Gasteiger partial charge in [0.25, 0.3) is 0 Å². The van der Waals surface area contributed by atoms with Crippen LogP contribution in [0.15, 0.2) is 18.2 Å². The fourth-order valence-corrected chi connectivity index (χ4v) is 1.25. The molecule has 0 aliphatic carbocycles. The van der Waals surface area contributed by atoms with Crippen molar-refractivity contribution in [2.24, 2.45) is 0 Å². The van der Waals surface area contributed by atoms with E-state index in [4.69, 9.17) is 16.7 Å². The van der Waals surface area contributed by atoms with Crippen LogP contribution >= 0.6 is 11.6 Å².